The third-order valence-electron chi connectivity index (χ3n) is 8.64. The van der Waals surface area contributed by atoms with E-state index in [0.717, 1.165) is 64.2 Å². The van der Waals surface area contributed by atoms with Crippen LogP contribution in [0.5, 0.6) is 0 Å². The van der Waals surface area contributed by atoms with Gasteiger partial charge in [0.2, 0.25) is 5.91 Å². The Hall–Kier alpha value is -1.69. The molecule has 0 rings (SSSR count). The molecule has 1 amide bonds. The Balaban J connectivity index is 3.66. The van der Waals surface area contributed by atoms with Crippen LogP contribution in [0.2, 0.25) is 0 Å². The predicted octanol–water partition coefficient (Wildman–Crippen LogP) is 10.6. The highest BCUT2D eigenvalue weighted by Gasteiger charge is 2.26. The molecular formula is C41H75NO4. The molecule has 0 saturated carbocycles. The van der Waals surface area contributed by atoms with Crippen LogP contribution >= 0.6 is 0 Å². The summed E-state index contributed by atoms with van der Waals surface area (Å²) in [6.07, 6.45) is 45.0. The van der Waals surface area contributed by atoms with Crippen LogP contribution in [-0.2, 0) is 4.79 Å². The smallest absolute Gasteiger partial charge is 0.220 e. The van der Waals surface area contributed by atoms with Crippen molar-refractivity contribution in [2.75, 3.05) is 6.61 Å². The first kappa shape index (κ1) is 44.3. The first-order valence-electron chi connectivity index (χ1n) is 19.4. The monoisotopic (exact) mass is 646 g/mol. The summed E-state index contributed by atoms with van der Waals surface area (Å²) in [5, 5.41) is 33.3. The van der Waals surface area contributed by atoms with Gasteiger partial charge in [0.25, 0.3) is 0 Å². The summed E-state index contributed by atoms with van der Waals surface area (Å²) in [4.78, 5) is 12.4. The lowest BCUT2D eigenvalue weighted by molar-refractivity contribution is -0.124. The fourth-order valence-corrected chi connectivity index (χ4v) is 5.61. The van der Waals surface area contributed by atoms with Crippen molar-refractivity contribution in [3.8, 4) is 0 Å². The highest BCUT2D eigenvalue weighted by Crippen LogP contribution is 2.15. The summed E-state index contributed by atoms with van der Waals surface area (Å²) < 4.78 is 0. The van der Waals surface area contributed by atoms with Crippen LogP contribution in [-0.4, -0.2) is 46.1 Å². The third kappa shape index (κ3) is 30.9. The van der Waals surface area contributed by atoms with Gasteiger partial charge in [0.1, 0.15) is 6.10 Å². The molecule has 5 nitrogen and oxygen atoms in total. The molecule has 268 valence electrons. The number of carbonyl (C=O) groups is 1. The molecule has 0 bridgehead atoms. The van der Waals surface area contributed by atoms with Crippen molar-refractivity contribution in [3.05, 3.63) is 48.6 Å². The maximum absolute atomic E-state index is 12.4. The van der Waals surface area contributed by atoms with Crippen LogP contribution in [0.15, 0.2) is 48.6 Å². The number of carbonyl (C=O) groups excluding carboxylic acids is 1. The third-order valence-corrected chi connectivity index (χ3v) is 8.64. The van der Waals surface area contributed by atoms with Gasteiger partial charge in [-0.3, -0.25) is 4.79 Å². The SMILES string of the molecule is CC/C=C\C/C=C\CCCCCCCCCCCCCCCCC(=O)NC(CO)C(O)C(O)CCC/C=C/CC/C=C/CCCC. The standard InChI is InChI=1S/C41H75NO4/c1-3-5-7-9-11-13-15-16-17-18-19-20-21-22-23-24-26-28-30-32-34-36-40(45)42-38(37-43)41(46)39(44)35-33-31-29-27-25-14-12-10-8-6-4-2/h5,7,10-13,27,29,38-39,41,43-44,46H,3-4,6,8-9,14-26,28,30-37H2,1-2H3,(H,42,45)/b7-5-,12-10+,13-11-,29-27+. The Bertz CT molecular complexity index is 760. The van der Waals surface area contributed by atoms with E-state index in [1.54, 1.807) is 0 Å². The summed E-state index contributed by atoms with van der Waals surface area (Å²) in [7, 11) is 0. The summed E-state index contributed by atoms with van der Waals surface area (Å²) in [5.41, 5.74) is 0. The van der Waals surface area contributed by atoms with Crippen molar-refractivity contribution in [2.24, 2.45) is 0 Å². The van der Waals surface area contributed by atoms with Gasteiger partial charge in [-0.1, -0.05) is 152 Å². The van der Waals surface area contributed by atoms with E-state index in [2.05, 4.69) is 67.8 Å². The number of allylic oxidation sites excluding steroid dienone is 8. The number of amides is 1. The Labute approximate surface area is 285 Å². The zero-order chi connectivity index (χ0) is 33.8. The fourth-order valence-electron chi connectivity index (χ4n) is 5.61. The predicted molar refractivity (Wildman–Crippen MR) is 199 cm³/mol. The van der Waals surface area contributed by atoms with Crippen molar-refractivity contribution >= 4 is 5.91 Å². The van der Waals surface area contributed by atoms with Crippen LogP contribution in [0.3, 0.4) is 0 Å². The molecule has 0 aromatic carbocycles. The number of rotatable bonds is 34. The van der Waals surface area contributed by atoms with E-state index < -0.39 is 18.2 Å². The maximum Gasteiger partial charge on any atom is 0.220 e. The number of nitrogens with one attached hydrogen (secondary N) is 1. The Morgan fingerprint density at radius 3 is 1.57 bits per heavy atom. The van der Waals surface area contributed by atoms with Crippen LogP contribution in [0, 0.1) is 0 Å². The molecule has 0 aromatic rings. The fraction of sp³-hybridized carbons (Fsp3) is 0.780. The molecule has 3 atom stereocenters. The van der Waals surface area contributed by atoms with Crippen LogP contribution in [0.25, 0.3) is 0 Å². The van der Waals surface area contributed by atoms with Gasteiger partial charge in [-0.15, -0.1) is 0 Å². The van der Waals surface area contributed by atoms with E-state index in [0.29, 0.717) is 12.8 Å². The second-order valence-electron chi connectivity index (χ2n) is 13.1. The van der Waals surface area contributed by atoms with Crippen LogP contribution in [0.1, 0.15) is 181 Å². The highest BCUT2D eigenvalue weighted by molar-refractivity contribution is 5.76. The minimum atomic E-state index is -1.17. The zero-order valence-electron chi connectivity index (χ0n) is 30.2. The van der Waals surface area contributed by atoms with Gasteiger partial charge < -0.3 is 20.6 Å². The summed E-state index contributed by atoms with van der Waals surface area (Å²) in [6.45, 7) is 3.99. The zero-order valence-corrected chi connectivity index (χ0v) is 30.2. The summed E-state index contributed by atoms with van der Waals surface area (Å²) in [6, 6.07) is -0.831. The van der Waals surface area contributed by atoms with Gasteiger partial charge in [-0.2, -0.15) is 0 Å². The molecule has 4 N–H and O–H groups in total. The molecule has 5 heteroatoms. The second-order valence-corrected chi connectivity index (χ2v) is 13.1. The summed E-state index contributed by atoms with van der Waals surface area (Å²) >= 11 is 0. The molecule has 0 fully saturated rings. The van der Waals surface area contributed by atoms with Crippen molar-refractivity contribution in [1.29, 1.82) is 0 Å². The molecule has 0 saturated heterocycles. The van der Waals surface area contributed by atoms with Crippen LogP contribution in [0.4, 0.5) is 0 Å². The molecule has 0 spiro atoms. The lowest BCUT2D eigenvalue weighted by Gasteiger charge is -2.26. The molecule has 46 heavy (non-hydrogen) atoms. The number of hydrogen-bond acceptors (Lipinski definition) is 4. The molecule has 0 aliphatic heterocycles. The largest absolute Gasteiger partial charge is 0.394 e. The number of aliphatic hydroxyl groups excluding tert-OH is 3. The average molecular weight is 646 g/mol. The van der Waals surface area contributed by atoms with Gasteiger partial charge in [0, 0.05) is 6.42 Å². The van der Waals surface area contributed by atoms with Crippen LogP contribution < -0.4 is 5.32 Å². The molecule has 0 heterocycles. The Morgan fingerprint density at radius 2 is 1.02 bits per heavy atom. The molecule has 0 aliphatic rings. The average Bonchev–Trinajstić information content (AvgIpc) is 3.06. The Kier molecular flexibility index (Phi) is 34.8. The molecule has 0 aliphatic carbocycles. The number of unbranched alkanes of at least 4 members (excludes halogenated alkanes) is 18. The summed E-state index contributed by atoms with van der Waals surface area (Å²) in [5.74, 6) is -0.163. The van der Waals surface area contributed by atoms with Gasteiger partial charge in [0.15, 0.2) is 0 Å². The second kappa shape index (κ2) is 36.2. The van der Waals surface area contributed by atoms with Crippen molar-refractivity contribution in [3.63, 3.8) is 0 Å². The highest BCUT2D eigenvalue weighted by atomic mass is 16.3. The molecule has 3 unspecified atom stereocenters. The van der Waals surface area contributed by atoms with E-state index in [4.69, 9.17) is 0 Å². The number of hydrogen-bond donors (Lipinski definition) is 4. The topological polar surface area (TPSA) is 89.8 Å². The Morgan fingerprint density at radius 1 is 0.565 bits per heavy atom. The van der Waals surface area contributed by atoms with Gasteiger partial charge in [-0.25, -0.2) is 0 Å². The lowest BCUT2D eigenvalue weighted by Crippen LogP contribution is -2.50. The van der Waals surface area contributed by atoms with Crippen molar-refractivity contribution in [1.82, 2.24) is 5.32 Å². The minimum absolute atomic E-state index is 0.163. The van der Waals surface area contributed by atoms with Crippen molar-refractivity contribution in [2.45, 2.75) is 199 Å². The minimum Gasteiger partial charge on any atom is -0.394 e. The molecule has 0 aromatic heterocycles. The van der Waals surface area contributed by atoms with Gasteiger partial charge in [-0.05, 0) is 70.6 Å². The number of aliphatic hydroxyl groups is 3. The van der Waals surface area contributed by atoms with E-state index in [-0.39, 0.29) is 12.5 Å². The molecule has 0 radical (unpaired) electrons. The van der Waals surface area contributed by atoms with Crippen molar-refractivity contribution < 1.29 is 20.1 Å². The van der Waals surface area contributed by atoms with Gasteiger partial charge in [0.05, 0.1) is 18.8 Å². The lowest BCUT2D eigenvalue weighted by atomic mass is 10.0. The van der Waals surface area contributed by atoms with E-state index >= 15 is 0 Å². The van der Waals surface area contributed by atoms with Gasteiger partial charge >= 0.3 is 0 Å². The quantitative estimate of drug-likeness (QED) is 0.0414. The first-order valence-corrected chi connectivity index (χ1v) is 19.4. The van der Waals surface area contributed by atoms with E-state index in [1.165, 1.54) is 89.9 Å². The van der Waals surface area contributed by atoms with E-state index in [9.17, 15) is 20.1 Å². The first-order chi connectivity index (χ1) is 22.6. The molecular weight excluding hydrogens is 570 g/mol. The maximum atomic E-state index is 12.4. The van der Waals surface area contributed by atoms with E-state index in [1.807, 2.05) is 0 Å². The normalized spacial score (nSPS) is 14.3.